The number of carbonyl (C=O) groups is 1. The number of aryl methyl sites for hydroxylation is 1. The minimum atomic E-state index is -3.72. The predicted octanol–water partition coefficient (Wildman–Crippen LogP) is 5.34. The monoisotopic (exact) mass is 621 g/mol. The lowest BCUT2D eigenvalue weighted by atomic mass is 9.89. The fraction of sp³-hybridized carbons (Fsp3) is 0.379. The molecule has 2 unspecified atom stereocenters. The Kier molecular flexibility index (Phi) is 9.97. The Labute approximate surface area is 247 Å². The van der Waals surface area contributed by atoms with Crippen LogP contribution in [-0.2, 0) is 28.4 Å². The fourth-order valence-corrected chi connectivity index (χ4v) is 6.69. The van der Waals surface area contributed by atoms with Gasteiger partial charge in [0.25, 0.3) is 5.56 Å². The van der Waals surface area contributed by atoms with Crippen LogP contribution in [0.1, 0.15) is 67.1 Å². The van der Waals surface area contributed by atoms with E-state index in [1.807, 2.05) is 6.92 Å². The summed E-state index contributed by atoms with van der Waals surface area (Å²) < 4.78 is 58.5. The van der Waals surface area contributed by atoms with Crippen molar-refractivity contribution in [1.82, 2.24) is 9.29 Å². The first kappa shape index (κ1) is 31.2. The molecule has 0 spiro atoms. The van der Waals surface area contributed by atoms with Crippen LogP contribution >= 0.6 is 11.6 Å². The molecule has 0 aliphatic heterocycles. The van der Waals surface area contributed by atoms with E-state index in [1.54, 1.807) is 13.2 Å². The van der Waals surface area contributed by atoms with E-state index in [-0.39, 0.29) is 39.1 Å². The molecular weight excluding hydrogens is 589 g/mol. The average molecular weight is 622 g/mol. The van der Waals surface area contributed by atoms with Gasteiger partial charge in [-0.25, -0.2) is 12.8 Å². The number of benzene rings is 2. The lowest BCUT2D eigenvalue weighted by Gasteiger charge is -2.24. The molecule has 2 atom stereocenters. The molecule has 0 saturated heterocycles. The van der Waals surface area contributed by atoms with E-state index in [0.717, 1.165) is 25.7 Å². The van der Waals surface area contributed by atoms with Crippen molar-refractivity contribution in [2.24, 2.45) is 13.0 Å². The number of pyridine rings is 1. The lowest BCUT2D eigenvalue weighted by molar-refractivity contribution is 0.103. The SMILES string of the molecule is CCCC[S+]([O-])NC(c1cc(=O)n(C)cc1-c1cc(NS(=O)(=O)CC)c(Cl)cc1C(=O)c1ccc(F)cc1)C1CC1. The number of sulfonamides is 1. The van der Waals surface area contributed by atoms with E-state index in [2.05, 4.69) is 9.44 Å². The maximum absolute atomic E-state index is 13.8. The zero-order valence-corrected chi connectivity index (χ0v) is 25.5. The summed E-state index contributed by atoms with van der Waals surface area (Å²) in [6.07, 6.45) is 5.00. The van der Waals surface area contributed by atoms with Crippen LogP contribution in [0.5, 0.6) is 0 Å². The Bertz CT molecular complexity index is 1590. The maximum Gasteiger partial charge on any atom is 0.250 e. The second kappa shape index (κ2) is 13.1. The second-order valence-corrected chi connectivity index (χ2v) is 13.9. The highest BCUT2D eigenvalue weighted by Crippen LogP contribution is 2.45. The van der Waals surface area contributed by atoms with E-state index in [4.69, 9.17) is 11.6 Å². The van der Waals surface area contributed by atoms with Crippen LogP contribution in [0.2, 0.25) is 5.02 Å². The van der Waals surface area contributed by atoms with E-state index in [0.29, 0.717) is 22.4 Å². The molecule has 3 aromatic rings. The highest BCUT2D eigenvalue weighted by molar-refractivity contribution is 7.92. The molecule has 8 nitrogen and oxygen atoms in total. The predicted molar refractivity (Wildman–Crippen MR) is 162 cm³/mol. The minimum absolute atomic E-state index is 0.000133. The van der Waals surface area contributed by atoms with Crippen LogP contribution in [-0.4, -0.2) is 34.8 Å². The quantitative estimate of drug-likeness (QED) is 0.196. The molecule has 0 bridgehead atoms. The highest BCUT2D eigenvalue weighted by atomic mass is 35.5. The fourth-order valence-electron chi connectivity index (χ4n) is 4.50. The van der Waals surface area contributed by atoms with Crippen LogP contribution in [0.25, 0.3) is 11.1 Å². The van der Waals surface area contributed by atoms with Crippen molar-refractivity contribution in [1.29, 1.82) is 0 Å². The number of nitrogens with one attached hydrogen (secondary N) is 2. The van der Waals surface area contributed by atoms with Gasteiger partial charge in [0.15, 0.2) is 5.78 Å². The first-order valence-corrected chi connectivity index (χ1v) is 16.8. The summed E-state index contributed by atoms with van der Waals surface area (Å²) in [5, 5.41) is 0.000133. The number of unbranched alkanes of at least 4 members (excludes halogenated alkanes) is 1. The molecule has 2 aromatic carbocycles. The van der Waals surface area contributed by atoms with Gasteiger partial charge in [0.1, 0.15) is 11.6 Å². The summed E-state index contributed by atoms with van der Waals surface area (Å²) in [5.41, 5.74) is 1.50. The van der Waals surface area contributed by atoms with Gasteiger partial charge in [-0.15, -0.1) is 4.72 Å². The van der Waals surface area contributed by atoms with Crippen LogP contribution < -0.4 is 15.0 Å². The normalized spacial score (nSPS) is 15.0. The molecule has 41 heavy (non-hydrogen) atoms. The molecule has 0 amide bonds. The summed E-state index contributed by atoms with van der Waals surface area (Å²) >= 11 is 5.15. The van der Waals surface area contributed by atoms with Crippen molar-refractivity contribution in [3.8, 4) is 11.1 Å². The van der Waals surface area contributed by atoms with Gasteiger partial charge in [-0.3, -0.25) is 14.3 Å². The first-order chi connectivity index (χ1) is 19.4. The van der Waals surface area contributed by atoms with Gasteiger partial charge >= 0.3 is 0 Å². The lowest BCUT2D eigenvalue weighted by Crippen LogP contribution is -2.33. The van der Waals surface area contributed by atoms with Gasteiger partial charge in [-0.2, -0.15) is 0 Å². The zero-order valence-electron chi connectivity index (χ0n) is 23.1. The van der Waals surface area contributed by atoms with Crippen LogP contribution in [0, 0.1) is 11.7 Å². The standard InChI is InChI=1S/C29H33ClFN3O5S2/c1-4-6-13-40(37)32-28(18-7-8-18)22-16-27(35)34(3)17-24(22)21-15-26(33-41(38,39)5-2)25(30)14-23(21)29(36)19-9-11-20(31)12-10-19/h9-12,14-18,28,32-33H,4-8,13H2,1-3H3. The third-order valence-electron chi connectivity index (χ3n) is 7.02. The summed E-state index contributed by atoms with van der Waals surface area (Å²) in [4.78, 5) is 26.7. The molecule has 1 aliphatic rings. The van der Waals surface area contributed by atoms with E-state index < -0.39 is 39.0 Å². The molecule has 0 radical (unpaired) electrons. The first-order valence-electron chi connectivity index (χ1n) is 13.4. The summed E-state index contributed by atoms with van der Waals surface area (Å²) in [6, 6.07) is 8.96. The van der Waals surface area contributed by atoms with Gasteiger partial charge in [0.2, 0.25) is 10.0 Å². The molecule has 1 aromatic heterocycles. The van der Waals surface area contributed by atoms with Crippen LogP contribution in [0.15, 0.2) is 53.5 Å². The Morgan fingerprint density at radius 2 is 1.85 bits per heavy atom. The Morgan fingerprint density at radius 1 is 1.17 bits per heavy atom. The summed E-state index contributed by atoms with van der Waals surface area (Å²) in [5.74, 6) is -0.573. The molecule has 1 fully saturated rings. The van der Waals surface area contributed by atoms with Crippen molar-refractivity contribution >= 4 is 44.5 Å². The molecular formula is C29H33ClFN3O5S2. The van der Waals surface area contributed by atoms with Crippen molar-refractivity contribution in [3.63, 3.8) is 0 Å². The van der Waals surface area contributed by atoms with Crippen molar-refractivity contribution in [2.45, 2.75) is 45.6 Å². The molecule has 1 aliphatic carbocycles. The van der Waals surface area contributed by atoms with Crippen molar-refractivity contribution in [2.75, 3.05) is 16.2 Å². The molecule has 2 N–H and O–H groups in total. The number of halogens is 2. The van der Waals surface area contributed by atoms with Crippen LogP contribution in [0.4, 0.5) is 10.1 Å². The molecule has 1 heterocycles. The van der Waals surface area contributed by atoms with Gasteiger partial charge < -0.3 is 9.12 Å². The largest absolute Gasteiger partial charge is 0.598 e. The molecule has 220 valence electrons. The van der Waals surface area contributed by atoms with E-state index >= 15 is 0 Å². The minimum Gasteiger partial charge on any atom is -0.598 e. The number of hydrogen-bond donors (Lipinski definition) is 2. The summed E-state index contributed by atoms with van der Waals surface area (Å²) in [7, 11) is -2.15. The third-order valence-corrected chi connectivity index (χ3v) is 9.80. The van der Waals surface area contributed by atoms with Gasteiger partial charge in [-0.05, 0) is 79.6 Å². The topological polar surface area (TPSA) is 120 Å². The maximum atomic E-state index is 13.8. The number of carbonyl (C=O) groups excluding carboxylic acids is 1. The number of hydrogen-bond acceptors (Lipinski definition) is 6. The number of rotatable bonds is 13. The third kappa shape index (κ3) is 7.58. The van der Waals surface area contributed by atoms with E-state index in [9.17, 15) is 27.0 Å². The number of anilines is 1. The average Bonchev–Trinajstić information content (AvgIpc) is 3.78. The molecule has 1 saturated carbocycles. The Hall–Kier alpha value is -2.70. The summed E-state index contributed by atoms with van der Waals surface area (Å²) in [6.45, 7) is 3.50. The van der Waals surface area contributed by atoms with Gasteiger partial charge in [-0.1, -0.05) is 24.9 Å². The smallest absolute Gasteiger partial charge is 0.250 e. The molecule has 4 rings (SSSR count). The number of ketones is 1. The van der Waals surface area contributed by atoms with Crippen molar-refractivity contribution in [3.05, 3.63) is 86.5 Å². The van der Waals surface area contributed by atoms with Crippen molar-refractivity contribution < 1.29 is 22.2 Å². The van der Waals surface area contributed by atoms with E-state index in [1.165, 1.54) is 54.0 Å². The second-order valence-electron chi connectivity index (χ2n) is 10.1. The number of nitrogens with zero attached hydrogens (tertiary/aromatic N) is 1. The Balaban J connectivity index is 1.95. The van der Waals surface area contributed by atoms with Gasteiger partial charge in [0, 0.05) is 47.4 Å². The van der Waals surface area contributed by atoms with Crippen LogP contribution in [0.3, 0.4) is 0 Å². The van der Waals surface area contributed by atoms with Gasteiger partial charge in [0.05, 0.1) is 22.5 Å². The Morgan fingerprint density at radius 3 is 2.46 bits per heavy atom. The zero-order chi connectivity index (χ0) is 29.9. The highest BCUT2D eigenvalue weighted by Gasteiger charge is 2.37. The number of aromatic nitrogens is 1. The molecule has 12 heteroatoms.